The van der Waals surface area contributed by atoms with Crippen molar-refractivity contribution in [2.75, 3.05) is 13.2 Å². The van der Waals surface area contributed by atoms with Crippen LogP contribution in [0.5, 0.6) is 5.75 Å². The van der Waals surface area contributed by atoms with Crippen molar-refractivity contribution in [3.05, 3.63) is 45.4 Å². The molecule has 21 heavy (non-hydrogen) atoms. The number of hydrogen-bond donors (Lipinski definition) is 1. The summed E-state index contributed by atoms with van der Waals surface area (Å²) in [6.45, 7) is 6.56. The second kappa shape index (κ2) is 7.22. The number of para-hydroxylation sites is 1. The lowest BCUT2D eigenvalue weighted by atomic mass is 10.1. The van der Waals surface area contributed by atoms with E-state index in [-0.39, 0.29) is 12.5 Å². The second-order valence-corrected chi connectivity index (χ2v) is 6.03. The summed E-state index contributed by atoms with van der Waals surface area (Å²) in [6, 6.07) is 5.93. The van der Waals surface area contributed by atoms with E-state index < -0.39 is 0 Å². The van der Waals surface area contributed by atoms with Gasteiger partial charge in [-0.2, -0.15) is 0 Å². The van der Waals surface area contributed by atoms with Crippen molar-refractivity contribution in [1.82, 2.24) is 10.3 Å². The molecule has 0 saturated heterocycles. The number of benzene rings is 1. The van der Waals surface area contributed by atoms with Crippen LogP contribution in [0.3, 0.4) is 0 Å². The average Bonchev–Trinajstić information content (AvgIpc) is 2.84. The summed E-state index contributed by atoms with van der Waals surface area (Å²) in [5.41, 5.74) is 3.11. The highest BCUT2D eigenvalue weighted by Gasteiger charge is 2.07. The van der Waals surface area contributed by atoms with Gasteiger partial charge < -0.3 is 10.1 Å². The number of amides is 1. The van der Waals surface area contributed by atoms with Crippen LogP contribution in [-0.2, 0) is 11.2 Å². The molecule has 0 aliphatic carbocycles. The summed E-state index contributed by atoms with van der Waals surface area (Å²) in [6.07, 6.45) is 0.749. The Labute approximate surface area is 129 Å². The van der Waals surface area contributed by atoms with E-state index >= 15 is 0 Å². The fraction of sp³-hybridized carbons (Fsp3) is 0.375. The molecule has 2 aromatic rings. The summed E-state index contributed by atoms with van der Waals surface area (Å²) < 4.78 is 5.61. The quantitative estimate of drug-likeness (QED) is 0.893. The van der Waals surface area contributed by atoms with Crippen molar-refractivity contribution < 1.29 is 9.53 Å². The molecule has 0 aliphatic heterocycles. The van der Waals surface area contributed by atoms with Crippen LogP contribution in [0.15, 0.2) is 23.6 Å². The fourth-order valence-corrected chi connectivity index (χ4v) is 2.72. The van der Waals surface area contributed by atoms with Crippen molar-refractivity contribution in [1.29, 1.82) is 0 Å². The maximum Gasteiger partial charge on any atom is 0.257 e. The molecule has 0 unspecified atom stereocenters. The van der Waals surface area contributed by atoms with Gasteiger partial charge in [-0.3, -0.25) is 4.79 Å². The Balaban J connectivity index is 1.75. The molecule has 0 bridgehead atoms. The summed E-state index contributed by atoms with van der Waals surface area (Å²) in [5.74, 6) is 0.687. The Hall–Kier alpha value is -1.88. The Bertz CT molecular complexity index is 602. The summed E-state index contributed by atoms with van der Waals surface area (Å²) in [7, 11) is 0. The third-order valence-electron chi connectivity index (χ3n) is 3.13. The van der Waals surface area contributed by atoms with E-state index in [1.54, 1.807) is 11.3 Å². The van der Waals surface area contributed by atoms with Crippen molar-refractivity contribution in [3.63, 3.8) is 0 Å². The molecular formula is C16H20N2O2S. The molecule has 0 atom stereocenters. The number of nitrogens with zero attached hydrogens (tertiary/aromatic N) is 1. The van der Waals surface area contributed by atoms with Gasteiger partial charge in [0.05, 0.1) is 10.7 Å². The minimum atomic E-state index is -0.107. The Morgan fingerprint density at radius 1 is 1.29 bits per heavy atom. The lowest BCUT2D eigenvalue weighted by Gasteiger charge is -2.11. The molecule has 0 radical (unpaired) electrons. The maximum absolute atomic E-state index is 11.8. The highest BCUT2D eigenvalue weighted by molar-refractivity contribution is 7.09. The average molecular weight is 304 g/mol. The van der Waals surface area contributed by atoms with Crippen molar-refractivity contribution in [2.45, 2.75) is 27.2 Å². The van der Waals surface area contributed by atoms with Gasteiger partial charge in [-0.25, -0.2) is 4.98 Å². The highest BCUT2D eigenvalue weighted by Crippen LogP contribution is 2.21. The summed E-state index contributed by atoms with van der Waals surface area (Å²) >= 11 is 1.63. The van der Waals surface area contributed by atoms with Gasteiger partial charge in [0, 0.05) is 18.3 Å². The van der Waals surface area contributed by atoms with Crippen molar-refractivity contribution in [3.8, 4) is 5.75 Å². The van der Waals surface area contributed by atoms with Gasteiger partial charge in [0.1, 0.15) is 5.75 Å². The fourth-order valence-electron chi connectivity index (χ4n) is 2.07. The summed E-state index contributed by atoms with van der Waals surface area (Å²) in [4.78, 5) is 16.1. The van der Waals surface area contributed by atoms with E-state index in [9.17, 15) is 4.79 Å². The van der Waals surface area contributed by atoms with Crippen molar-refractivity contribution >= 4 is 17.2 Å². The third kappa shape index (κ3) is 4.56. The zero-order valence-electron chi connectivity index (χ0n) is 12.6. The van der Waals surface area contributed by atoms with Crippen LogP contribution < -0.4 is 10.1 Å². The van der Waals surface area contributed by atoms with Crippen LogP contribution in [0.4, 0.5) is 0 Å². The number of aryl methyl sites for hydroxylation is 3. The number of rotatable bonds is 6. The number of ether oxygens (including phenoxy) is 1. The number of aromatic nitrogens is 1. The van der Waals surface area contributed by atoms with Crippen LogP contribution in [0, 0.1) is 20.8 Å². The van der Waals surface area contributed by atoms with Crippen LogP contribution in [0.2, 0.25) is 0 Å². The van der Waals surface area contributed by atoms with Gasteiger partial charge >= 0.3 is 0 Å². The standard InChI is InChI=1S/C16H20N2O2S/c1-11-5-4-6-12(2)16(11)20-9-15(19)17-8-7-14-10-21-13(3)18-14/h4-6,10H,7-9H2,1-3H3,(H,17,19). The van der Waals surface area contributed by atoms with E-state index in [0.29, 0.717) is 6.54 Å². The zero-order chi connectivity index (χ0) is 15.2. The first kappa shape index (κ1) is 15.5. The Morgan fingerprint density at radius 2 is 2.00 bits per heavy atom. The third-order valence-corrected chi connectivity index (χ3v) is 3.95. The van der Waals surface area contributed by atoms with Gasteiger partial charge in [-0.15, -0.1) is 11.3 Å². The molecule has 2 rings (SSSR count). The number of carbonyl (C=O) groups is 1. The van der Waals surface area contributed by atoms with Gasteiger partial charge in [-0.05, 0) is 31.9 Å². The van der Waals surface area contributed by atoms with Crippen LogP contribution in [-0.4, -0.2) is 24.0 Å². The van der Waals surface area contributed by atoms with Gasteiger partial charge in [-0.1, -0.05) is 18.2 Å². The first-order valence-electron chi connectivity index (χ1n) is 6.93. The minimum Gasteiger partial charge on any atom is -0.483 e. The van der Waals surface area contributed by atoms with E-state index in [1.165, 1.54) is 0 Å². The van der Waals surface area contributed by atoms with Gasteiger partial charge in [0.25, 0.3) is 5.91 Å². The van der Waals surface area contributed by atoms with Crippen LogP contribution in [0.25, 0.3) is 0 Å². The second-order valence-electron chi connectivity index (χ2n) is 4.97. The summed E-state index contributed by atoms with van der Waals surface area (Å²) in [5, 5.41) is 5.92. The van der Waals surface area contributed by atoms with Crippen molar-refractivity contribution in [2.24, 2.45) is 0 Å². The van der Waals surface area contributed by atoms with Gasteiger partial charge in [0.2, 0.25) is 0 Å². The molecular weight excluding hydrogens is 284 g/mol. The first-order chi connectivity index (χ1) is 10.1. The molecule has 1 heterocycles. The van der Waals surface area contributed by atoms with Crippen LogP contribution in [0.1, 0.15) is 21.8 Å². The number of nitrogens with one attached hydrogen (secondary N) is 1. The maximum atomic E-state index is 11.8. The number of carbonyl (C=O) groups excluding carboxylic acids is 1. The molecule has 0 spiro atoms. The normalized spacial score (nSPS) is 10.4. The molecule has 112 valence electrons. The zero-order valence-corrected chi connectivity index (χ0v) is 13.4. The minimum absolute atomic E-state index is 0.0434. The molecule has 1 amide bonds. The van der Waals surface area contributed by atoms with E-state index in [1.807, 2.05) is 44.4 Å². The topological polar surface area (TPSA) is 51.2 Å². The number of hydrogen-bond acceptors (Lipinski definition) is 4. The van der Waals surface area contributed by atoms with E-state index in [4.69, 9.17) is 4.74 Å². The lowest BCUT2D eigenvalue weighted by Crippen LogP contribution is -2.30. The monoisotopic (exact) mass is 304 g/mol. The Morgan fingerprint density at radius 3 is 2.62 bits per heavy atom. The predicted octanol–water partition coefficient (Wildman–Crippen LogP) is 2.81. The SMILES string of the molecule is Cc1nc(CCNC(=O)COc2c(C)cccc2C)cs1. The predicted molar refractivity (Wildman–Crippen MR) is 85.0 cm³/mol. The molecule has 4 nitrogen and oxygen atoms in total. The number of thiazole rings is 1. The smallest absolute Gasteiger partial charge is 0.257 e. The van der Waals surface area contributed by atoms with Gasteiger partial charge in [0.15, 0.2) is 6.61 Å². The largest absolute Gasteiger partial charge is 0.483 e. The molecule has 1 N–H and O–H groups in total. The highest BCUT2D eigenvalue weighted by atomic mass is 32.1. The van der Waals surface area contributed by atoms with Crippen LogP contribution >= 0.6 is 11.3 Å². The first-order valence-corrected chi connectivity index (χ1v) is 7.81. The lowest BCUT2D eigenvalue weighted by molar-refractivity contribution is -0.123. The Kier molecular flexibility index (Phi) is 5.33. The molecule has 1 aromatic heterocycles. The molecule has 5 heteroatoms. The van der Waals surface area contributed by atoms with E-state index in [2.05, 4.69) is 10.3 Å². The molecule has 0 aliphatic rings. The molecule has 1 aromatic carbocycles. The molecule has 0 fully saturated rings. The van der Waals surface area contributed by atoms with E-state index in [0.717, 1.165) is 34.0 Å². The molecule has 0 saturated carbocycles.